The first-order valence-corrected chi connectivity index (χ1v) is 13.0. The number of halogens is 1. The molecule has 0 unspecified atom stereocenters. The number of hydrogen-bond acceptors (Lipinski definition) is 3. The van der Waals surface area contributed by atoms with Crippen LogP contribution in [0.15, 0.2) is 82.2 Å². The number of benzene rings is 3. The van der Waals surface area contributed by atoms with E-state index in [9.17, 15) is 8.42 Å². The lowest BCUT2D eigenvalue weighted by Gasteiger charge is -2.37. The fourth-order valence-electron chi connectivity index (χ4n) is 4.76. The van der Waals surface area contributed by atoms with Gasteiger partial charge in [0.15, 0.2) is 0 Å². The molecule has 1 heterocycles. The molecule has 0 saturated carbocycles. The third kappa shape index (κ3) is 3.86. The normalized spacial score (nSPS) is 21.5. The molecule has 1 aliphatic heterocycles. The number of fused-ring (bicyclic) bond motifs is 3. The third-order valence-corrected chi connectivity index (χ3v) is 8.54. The molecule has 0 bridgehead atoms. The van der Waals surface area contributed by atoms with E-state index in [0.717, 1.165) is 33.3 Å². The SMILES string of the molecule is Cc1ccc(NS(=O)(=O)c2ccc3c(c2)[C@H]2C=CC[C@H]2[C@@H](c2ccc(Br)cc2)N3)cc1C. The molecule has 3 atom stereocenters. The quantitative estimate of drug-likeness (QED) is 0.385. The molecule has 0 amide bonds. The van der Waals surface area contributed by atoms with E-state index in [4.69, 9.17) is 0 Å². The summed E-state index contributed by atoms with van der Waals surface area (Å²) in [4.78, 5) is 0.289. The van der Waals surface area contributed by atoms with Crippen molar-refractivity contribution in [1.82, 2.24) is 0 Å². The lowest BCUT2D eigenvalue weighted by Crippen LogP contribution is -2.29. The standard InChI is InChI=1S/C26H25BrN2O2S/c1-16-6-11-20(14-17(16)2)29-32(30,31)21-12-13-25-24(15-21)22-4-3-5-23(22)26(28-25)18-7-9-19(27)10-8-18/h3-4,6-15,22-23,26,28-29H,5H2,1-2H3/t22-,23+,26+/m0/s1. The average molecular weight is 509 g/mol. The highest BCUT2D eigenvalue weighted by Gasteiger charge is 2.38. The minimum Gasteiger partial charge on any atom is -0.378 e. The van der Waals surface area contributed by atoms with Crippen molar-refractivity contribution >= 4 is 37.3 Å². The van der Waals surface area contributed by atoms with E-state index in [1.807, 2.05) is 38.1 Å². The van der Waals surface area contributed by atoms with Crippen LogP contribution in [0.3, 0.4) is 0 Å². The monoisotopic (exact) mass is 508 g/mol. The molecule has 3 aromatic rings. The minimum atomic E-state index is -3.68. The van der Waals surface area contributed by atoms with Crippen molar-refractivity contribution in [1.29, 1.82) is 0 Å². The van der Waals surface area contributed by atoms with Gasteiger partial charge >= 0.3 is 0 Å². The van der Waals surface area contributed by atoms with Gasteiger partial charge in [-0.25, -0.2) is 8.42 Å². The first-order chi connectivity index (χ1) is 15.3. The Morgan fingerprint density at radius 2 is 1.75 bits per heavy atom. The third-order valence-electron chi connectivity index (χ3n) is 6.63. The fraction of sp³-hybridized carbons (Fsp3) is 0.231. The van der Waals surface area contributed by atoms with E-state index in [-0.39, 0.29) is 16.9 Å². The molecular formula is C26H25BrN2O2S. The summed E-state index contributed by atoms with van der Waals surface area (Å²) in [5, 5.41) is 3.68. The molecule has 2 N–H and O–H groups in total. The van der Waals surface area contributed by atoms with E-state index < -0.39 is 10.0 Å². The van der Waals surface area contributed by atoms with Gasteiger partial charge in [0.05, 0.1) is 10.9 Å². The van der Waals surface area contributed by atoms with Gasteiger partial charge in [-0.1, -0.05) is 46.3 Å². The molecule has 4 nitrogen and oxygen atoms in total. The number of hydrogen-bond donors (Lipinski definition) is 2. The van der Waals surface area contributed by atoms with Crippen molar-refractivity contribution in [3.63, 3.8) is 0 Å². The van der Waals surface area contributed by atoms with E-state index in [1.165, 1.54) is 5.56 Å². The van der Waals surface area contributed by atoms with Gasteiger partial charge in [0.1, 0.15) is 0 Å². The van der Waals surface area contributed by atoms with Crippen LogP contribution in [0.2, 0.25) is 0 Å². The largest absolute Gasteiger partial charge is 0.378 e. The molecule has 0 saturated heterocycles. The molecule has 0 fully saturated rings. The van der Waals surface area contributed by atoms with Crippen LogP contribution in [-0.2, 0) is 10.0 Å². The van der Waals surface area contributed by atoms with Gasteiger partial charge < -0.3 is 5.32 Å². The number of anilines is 2. The molecule has 6 heteroatoms. The van der Waals surface area contributed by atoms with E-state index in [1.54, 1.807) is 12.1 Å². The van der Waals surface area contributed by atoms with Crippen LogP contribution >= 0.6 is 15.9 Å². The molecular weight excluding hydrogens is 484 g/mol. The van der Waals surface area contributed by atoms with Gasteiger partial charge in [0.2, 0.25) is 0 Å². The number of rotatable bonds is 4. The summed E-state index contributed by atoms with van der Waals surface area (Å²) in [5.74, 6) is 0.547. The molecule has 5 rings (SSSR count). The summed E-state index contributed by atoms with van der Waals surface area (Å²) < 4.78 is 30.1. The highest BCUT2D eigenvalue weighted by Crippen LogP contribution is 2.50. The van der Waals surface area contributed by atoms with Crippen LogP contribution in [-0.4, -0.2) is 8.42 Å². The number of sulfonamides is 1. The first kappa shape index (κ1) is 21.3. The van der Waals surface area contributed by atoms with Crippen molar-refractivity contribution in [2.45, 2.75) is 37.1 Å². The van der Waals surface area contributed by atoms with Gasteiger partial charge in [0.25, 0.3) is 10.0 Å². The molecule has 3 aromatic carbocycles. The maximum Gasteiger partial charge on any atom is 0.261 e. The predicted molar refractivity (Wildman–Crippen MR) is 134 cm³/mol. The Bertz CT molecular complexity index is 1320. The van der Waals surface area contributed by atoms with E-state index in [2.05, 4.69) is 62.4 Å². The molecule has 1 aliphatic carbocycles. The van der Waals surface area contributed by atoms with E-state index >= 15 is 0 Å². The van der Waals surface area contributed by atoms with Crippen LogP contribution in [0.4, 0.5) is 11.4 Å². The lowest BCUT2D eigenvalue weighted by atomic mass is 9.77. The summed E-state index contributed by atoms with van der Waals surface area (Å²) in [6, 6.07) is 19.6. The topological polar surface area (TPSA) is 58.2 Å². The van der Waals surface area contributed by atoms with Crippen molar-refractivity contribution in [2.75, 3.05) is 10.0 Å². The second-order valence-corrected chi connectivity index (χ2v) is 11.3. The van der Waals surface area contributed by atoms with Crippen molar-refractivity contribution < 1.29 is 8.42 Å². The fourth-order valence-corrected chi connectivity index (χ4v) is 6.11. The number of nitrogens with one attached hydrogen (secondary N) is 2. The summed E-state index contributed by atoms with van der Waals surface area (Å²) >= 11 is 3.51. The Kier molecular flexibility index (Phi) is 5.38. The van der Waals surface area contributed by atoms with Gasteiger partial charge in [-0.15, -0.1) is 0 Å². The molecule has 2 aliphatic rings. The van der Waals surface area contributed by atoms with Crippen LogP contribution in [0.25, 0.3) is 0 Å². The second-order valence-electron chi connectivity index (χ2n) is 8.68. The van der Waals surface area contributed by atoms with Gasteiger partial charge in [-0.05, 0) is 90.9 Å². The number of allylic oxidation sites excluding steroid dienone is 2. The Labute approximate surface area is 197 Å². The van der Waals surface area contributed by atoms with Gasteiger partial charge in [-0.2, -0.15) is 0 Å². The minimum absolute atomic E-state index is 0.187. The number of aryl methyl sites for hydroxylation is 2. The highest BCUT2D eigenvalue weighted by molar-refractivity contribution is 9.10. The summed E-state index contributed by atoms with van der Waals surface area (Å²) in [7, 11) is -3.68. The maximum atomic E-state index is 13.1. The molecule has 32 heavy (non-hydrogen) atoms. The van der Waals surface area contributed by atoms with Gasteiger partial charge in [0, 0.05) is 21.8 Å². The van der Waals surface area contributed by atoms with Crippen LogP contribution in [0.1, 0.15) is 40.6 Å². The zero-order chi connectivity index (χ0) is 22.5. The Morgan fingerprint density at radius 3 is 2.50 bits per heavy atom. The van der Waals surface area contributed by atoms with Gasteiger partial charge in [-0.3, -0.25) is 4.72 Å². The molecule has 0 spiro atoms. The summed E-state index contributed by atoms with van der Waals surface area (Å²) in [6.07, 6.45) is 5.41. The maximum absolute atomic E-state index is 13.1. The molecule has 0 radical (unpaired) electrons. The lowest BCUT2D eigenvalue weighted by molar-refractivity contribution is 0.425. The van der Waals surface area contributed by atoms with Crippen molar-refractivity contribution in [3.8, 4) is 0 Å². The van der Waals surface area contributed by atoms with Crippen LogP contribution in [0, 0.1) is 19.8 Å². The Balaban J connectivity index is 1.48. The van der Waals surface area contributed by atoms with Crippen molar-refractivity contribution in [3.05, 3.63) is 99.5 Å². The zero-order valence-corrected chi connectivity index (χ0v) is 20.4. The second kappa shape index (κ2) is 8.09. The first-order valence-electron chi connectivity index (χ1n) is 10.7. The Morgan fingerprint density at radius 1 is 0.969 bits per heavy atom. The molecule has 164 valence electrons. The van der Waals surface area contributed by atoms with E-state index in [0.29, 0.717) is 11.6 Å². The average Bonchev–Trinajstić information content (AvgIpc) is 3.26. The van der Waals surface area contributed by atoms with Crippen LogP contribution in [0.5, 0.6) is 0 Å². The summed E-state index contributed by atoms with van der Waals surface area (Å²) in [6.45, 7) is 3.99. The molecule has 0 aromatic heterocycles. The van der Waals surface area contributed by atoms with Crippen molar-refractivity contribution in [2.24, 2.45) is 5.92 Å². The smallest absolute Gasteiger partial charge is 0.261 e. The van der Waals surface area contributed by atoms with Crippen LogP contribution < -0.4 is 10.0 Å². The summed E-state index contributed by atoms with van der Waals surface area (Å²) in [5.41, 5.74) is 6.05. The Hall–Kier alpha value is -2.57. The predicted octanol–water partition coefficient (Wildman–Crippen LogP) is 6.69. The highest BCUT2D eigenvalue weighted by atomic mass is 79.9. The zero-order valence-electron chi connectivity index (χ0n) is 18.0.